The van der Waals surface area contributed by atoms with Crippen molar-refractivity contribution in [3.63, 3.8) is 0 Å². The first kappa shape index (κ1) is 10.8. The number of hydrogen-bond acceptors (Lipinski definition) is 2. The number of nitrogens with two attached hydrogens (primary N) is 1. The van der Waals surface area contributed by atoms with Gasteiger partial charge in [0.2, 0.25) is 5.91 Å². The van der Waals surface area contributed by atoms with Crippen LogP contribution in [0.4, 0.5) is 0 Å². The normalized spacial score (nSPS) is 10.2. The summed E-state index contributed by atoms with van der Waals surface area (Å²) in [5.74, 6) is 0.0255. The fraction of sp³-hybridized carbons (Fsp3) is 0.500. The summed E-state index contributed by atoms with van der Waals surface area (Å²) in [7, 11) is 0. The number of hydrogen-bond donors (Lipinski definition) is 3. The molecule has 78 valence electrons. The number of aromatic amines is 1. The molecule has 1 aromatic rings. The summed E-state index contributed by atoms with van der Waals surface area (Å²) >= 11 is 0. The van der Waals surface area contributed by atoms with Gasteiger partial charge in [-0.05, 0) is 25.5 Å². The molecule has 0 unspecified atom stereocenters. The van der Waals surface area contributed by atoms with Crippen LogP contribution in [0.3, 0.4) is 0 Å². The molecule has 1 amide bonds. The van der Waals surface area contributed by atoms with E-state index in [-0.39, 0.29) is 5.91 Å². The van der Waals surface area contributed by atoms with Gasteiger partial charge in [0.25, 0.3) is 0 Å². The topological polar surface area (TPSA) is 70.9 Å². The number of carbonyl (C=O) groups is 1. The third-order valence-corrected chi connectivity index (χ3v) is 2.07. The minimum absolute atomic E-state index is 0.0255. The van der Waals surface area contributed by atoms with Gasteiger partial charge in [0.05, 0.1) is 6.42 Å². The quantitative estimate of drug-likeness (QED) is 0.644. The Balaban J connectivity index is 2.51. The van der Waals surface area contributed by atoms with Gasteiger partial charge in [0, 0.05) is 24.5 Å². The van der Waals surface area contributed by atoms with Crippen molar-refractivity contribution in [3.8, 4) is 0 Å². The van der Waals surface area contributed by atoms with Crippen molar-refractivity contribution in [2.24, 2.45) is 5.73 Å². The first-order chi connectivity index (χ1) is 6.63. The Bertz CT molecular complexity index is 317. The highest BCUT2D eigenvalue weighted by Crippen LogP contribution is 2.09. The molecule has 1 aromatic heterocycles. The number of carbonyl (C=O) groups excluding carboxylic acids is 1. The van der Waals surface area contributed by atoms with E-state index in [4.69, 9.17) is 5.73 Å². The van der Waals surface area contributed by atoms with Gasteiger partial charge >= 0.3 is 0 Å². The van der Waals surface area contributed by atoms with Crippen molar-refractivity contribution in [1.29, 1.82) is 0 Å². The van der Waals surface area contributed by atoms with Gasteiger partial charge in [0.1, 0.15) is 0 Å². The molecule has 0 radical (unpaired) electrons. The highest BCUT2D eigenvalue weighted by molar-refractivity contribution is 5.78. The molecule has 4 heteroatoms. The number of nitrogens with one attached hydrogen (secondary N) is 2. The molecule has 1 heterocycles. The Hall–Kier alpha value is -1.29. The van der Waals surface area contributed by atoms with E-state index in [2.05, 4.69) is 10.3 Å². The van der Waals surface area contributed by atoms with Gasteiger partial charge in [-0.1, -0.05) is 0 Å². The zero-order valence-corrected chi connectivity index (χ0v) is 8.68. The predicted molar refractivity (Wildman–Crippen MR) is 56.0 cm³/mol. The Morgan fingerprint density at radius 2 is 2.29 bits per heavy atom. The Morgan fingerprint density at radius 1 is 1.57 bits per heavy atom. The lowest BCUT2D eigenvalue weighted by atomic mass is 10.1. The average molecular weight is 195 g/mol. The van der Waals surface area contributed by atoms with Crippen LogP contribution >= 0.6 is 0 Å². The Morgan fingerprint density at radius 3 is 2.79 bits per heavy atom. The number of aryl methyl sites for hydroxylation is 2. The van der Waals surface area contributed by atoms with E-state index in [1.165, 1.54) is 0 Å². The summed E-state index contributed by atoms with van der Waals surface area (Å²) in [5.41, 5.74) is 8.48. The first-order valence-corrected chi connectivity index (χ1v) is 4.75. The average Bonchev–Trinajstić information content (AvgIpc) is 2.42. The maximum absolute atomic E-state index is 11.4. The molecular weight excluding hydrogens is 178 g/mol. The predicted octanol–water partition coefficient (Wildman–Crippen LogP) is 0.249. The van der Waals surface area contributed by atoms with Crippen LogP contribution in [0.2, 0.25) is 0 Å². The standard InChI is InChI=1S/C10H17N3O/c1-7-5-9(8(2)13-7)6-10(14)12-4-3-11/h5,13H,3-4,6,11H2,1-2H3,(H,12,14). The zero-order valence-electron chi connectivity index (χ0n) is 8.68. The highest BCUT2D eigenvalue weighted by Gasteiger charge is 2.06. The molecule has 1 rings (SSSR count). The van der Waals surface area contributed by atoms with E-state index in [0.29, 0.717) is 19.5 Å². The second-order valence-corrected chi connectivity index (χ2v) is 3.42. The number of aromatic nitrogens is 1. The van der Waals surface area contributed by atoms with Crippen LogP contribution in [0.25, 0.3) is 0 Å². The molecule has 0 saturated heterocycles. The van der Waals surface area contributed by atoms with E-state index >= 15 is 0 Å². The van der Waals surface area contributed by atoms with E-state index in [1.54, 1.807) is 0 Å². The van der Waals surface area contributed by atoms with Crippen molar-refractivity contribution >= 4 is 5.91 Å². The van der Waals surface area contributed by atoms with Crippen LogP contribution in [-0.4, -0.2) is 24.0 Å². The second kappa shape index (κ2) is 4.81. The van der Waals surface area contributed by atoms with Gasteiger partial charge in [-0.15, -0.1) is 0 Å². The zero-order chi connectivity index (χ0) is 10.6. The van der Waals surface area contributed by atoms with Crippen molar-refractivity contribution < 1.29 is 4.79 Å². The molecule has 0 saturated carbocycles. The van der Waals surface area contributed by atoms with E-state index in [1.807, 2.05) is 19.9 Å². The molecule has 4 nitrogen and oxygen atoms in total. The summed E-state index contributed by atoms with van der Waals surface area (Å²) in [6.07, 6.45) is 0.427. The molecule has 0 aliphatic heterocycles. The molecule has 0 spiro atoms. The van der Waals surface area contributed by atoms with Crippen molar-refractivity contribution in [2.45, 2.75) is 20.3 Å². The third kappa shape index (κ3) is 2.88. The van der Waals surface area contributed by atoms with Crippen molar-refractivity contribution in [2.75, 3.05) is 13.1 Å². The SMILES string of the molecule is Cc1cc(CC(=O)NCCN)c(C)[nH]1. The lowest BCUT2D eigenvalue weighted by molar-refractivity contribution is -0.120. The summed E-state index contributed by atoms with van der Waals surface area (Å²) in [6.45, 7) is 4.98. The van der Waals surface area contributed by atoms with Gasteiger partial charge in [-0.2, -0.15) is 0 Å². The summed E-state index contributed by atoms with van der Waals surface area (Å²) < 4.78 is 0. The molecule has 0 aliphatic rings. The smallest absolute Gasteiger partial charge is 0.224 e. The monoisotopic (exact) mass is 195 g/mol. The van der Waals surface area contributed by atoms with Gasteiger partial charge in [-0.3, -0.25) is 4.79 Å². The van der Waals surface area contributed by atoms with E-state index < -0.39 is 0 Å². The molecule has 0 aromatic carbocycles. The minimum Gasteiger partial charge on any atom is -0.362 e. The van der Waals surface area contributed by atoms with Crippen molar-refractivity contribution in [1.82, 2.24) is 10.3 Å². The first-order valence-electron chi connectivity index (χ1n) is 4.75. The number of H-pyrrole nitrogens is 1. The van der Waals surface area contributed by atoms with Crippen LogP contribution in [0.5, 0.6) is 0 Å². The number of rotatable bonds is 4. The van der Waals surface area contributed by atoms with Crippen LogP contribution in [0, 0.1) is 13.8 Å². The van der Waals surface area contributed by atoms with Crippen LogP contribution in [0.15, 0.2) is 6.07 Å². The maximum atomic E-state index is 11.4. The summed E-state index contributed by atoms with van der Waals surface area (Å²) in [4.78, 5) is 14.5. The van der Waals surface area contributed by atoms with Gasteiger partial charge < -0.3 is 16.0 Å². The third-order valence-electron chi connectivity index (χ3n) is 2.07. The van der Waals surface area contributed by atoms with Crippen molar-refractivity contribution in [3.05, 3.63) is 23.0 Å². The fourth-order valence-corrected chi connectivity index (χ4v) is 1.41. The van der Waals surface area contributed by atoms with Crippen LogP contribution < -0.4 is 11.1 Å². The lowest BCUT2D eigenvalue weighted by Gasteiger charge is -2.02. The maximum Gasteiger partial charge on any atom is 0.224 e. The molecule has 0 bridgehead atoms. The highest BCUT2D eigenvalue weighted by atomic mass is 16.1. The minimum atomic E-state index is 0.0255. The molecular formula is C10H17N3O. The Labute approximate surface area is 83.9 Å². The van der Waals surface area contributed by atoms with Crippen LogP contribution in [0.1, 0.15) is 17.0 Å². The lowest BCUT2D eigenvalue weighted by Crippen LogP contribution is -2.30. The van der Waals surface area contributed by atoms with Gasteiger partial charge in [0.15, 0.2) is 0 Å². The number of amides is 1. The molecule has 0 fully saturated rings. The van der Waals surface area contributed by atoms with E-state index in [9.17, 15) is 4.79 Å². The molecule has 14 heavy (non-hydrogen) atoms. The van der Waals surface area contributed by atoms with Crippen LogP contribution in [-0.2, 0) is 11.2 Å². The molecule has 4 N–H and O–H groups in total. The fourth-order valence-electron chi connectivity index (χ4n) is 1.41. The largest absolute Gasteiger partial charge is 0.362 e. The van der Waals surface area contributed by atoms with E-state index in [0.717, 1.165) is 17.0 Å². The van der Waals surface area contributed by atoms with Gasteiger partial charge in [-0.25, -0.2) is 0 Å². The molecule has 0 atom stereocenters. The second-order valence-electron chi connectivity index (χ2n) is 3.42. The summed E-state index contributed by atoms with van der Waals surface area (Å²) in [5, 5.41) is 2.74. The summed E-state index contributed by atoms with van der Waals surface area (Å²) in [6, 6.07) is 2.00. The Kier molecular flexibility index (Phi) is 3.71. The molecule has 0 aliphatic carbocycles.